The minimum atomic E-state index is -4.67. The van der Waals surface area contributed by atoms with Crippen molar-refractivity contribution in [3.63, 3.8) is 0 Å². The van der Waals surface area contributed by atoms with Crippen molar-refractivity contribution in [3.8, 4) is 0 Å². The van der Waals surface area contributed by atoms with E-state index < -0.39 is 22.5 Å². The minimum Gasteiger partial charge on any atom is -0.726 e. The number of carbonyl (C=O) groups excluding carboxylic acids is 1. The van der Waals surface area contributed by atoms with Crippen LogP contribution in [0.2, 0.25) is 0 Å². The SMILES string of the molecule is C[C@H](CCC(=O)[O-])[C@H]1CC[C@H]2[C@@H]3CC=C4C[C@@H](OS(=O)(=O)[O-])CC[C@]4(C)[C@H]3CC[C@]12C.[Na+].[Na+]. The van der Waals surface area contributed by atoms with E-state index in [0.29, 0.717) is 48.9 Å². The van der Waals surface area contributed by atoms with Crippen molar-refractivity contribution < 1.29 is 86.2 Å². The van der Waals surface area contributed by atoms with Gasteiger partial charge in [-0.3, -0.25) is 4.18 Å². The van der Waals surface area contributed by atoms with E-state index in [0.717, 1.165) is 12.8 Å². The molecule has 0 aromatic heterocycles. The molecule has 0 spiro atoms. The van der Waals surface area contributed by atoms with E-state index in [1.165, 1.54) is 31.3 Å². The average Bonchev–Trinajstić information content (AvgIpc) is 3.02. The predicted molar refractivity (Wildman–Crippen MR) is 113 cm³/mol. The maximum Gasteiger partial charge on any atom is 1.00 e. The summed E-state index contributed by atoms with van der Waals surface area (Å²) >= 11 is 0. The monoisotopic (exact) mass is 498 g/mol. The molecule has 0 bridgehead atoms. The number of fused-ring (bicyclic) bond motifs is 5. The van der Waals surface area contributed by atoms with Gasteiger partial charge in [-0.25, -0.2) is 8.42 Å². The second kappa shape index (κ2) is 11.2. The number of carbonyl (C=O) groups is 1. The first kappa shape index (κ1) is 30.3. The number of rotatable bonds is 6. The molecule has 0 unspecified atom stereocenters. The fourth-order valence-electron chi connectivity index (χ4n) is 8.40. The van der Waals surface area contributed by atoms with Crippen LogP contribution >= 0.6 is 0 Å². The first-order valence-corrected chi connectivity index (χ1v) is 13.3. The fourth-order valence-corrected chi connectivity index (χ4v) is 8.90. The van der Waals surface area contributed by atoms with Gasteiger partial charge < -0.3 is 14.5 Å². The normalized spacial score (nSPS) is 40.7. The standard InChI is InChI=1S/C24H38O6S.2Na/c1-15(4-9-22(25)26)19-7-8-20-18-6-5-16-14-17(30-31(27,28)29)10-12-23(16,2)21(18)11-13-24(19,20)3;;/h5,15,17-21H,4,6-14H2,1-3H3,(H,25,26)(H,27,28,29);;/q;2*+1/p-2/t15-,17+,18+,19-,20+,21+,23+,24-;;/m1../s1. The van der Waals surface area contributed by atoms with Gasteiger partial charge >= 0.3 is 59.1 Å². The van der Waals surface area contributed by atoms with Crippen LogP contribution in [0.4, 0.5) is 0 Å². The van der Waals surface area contributed by atoms with Gasteiger partial charge in [-0.15, -0.1) is 0 Å². The van der Waals surface area contributed by atoms with Gasteiger partial charge in [0.2, 0.25) is 10.4 Å². The molecule has 0 amide bonds. The third-order valence-electron chi connectivity index (χ3n) is 9.88. The molecule has 4 aliphatic carbocycles. The van der Waals surface area contributed by atoms with Crippen molar-refractivity contribution in [2.24, 2.45) is 40.4 Å². The minimum absolute atomic E-state index is 0. The summed E-state index contributed by atoms with van der Waals surface area (Å²) in [6, 6.07) is 0. The van der Waals surface area contributed by atoms with E-state index in [2.05, 4.69) is 26.8 Å². The average molecular weight is 499 g/mol. The fraction of sp³-hybridized carbons (Fsp3) is 0.875. The summed E-state index contributed by atoms with van der Waals surface area (Å²) < 4.78 is 38.0. The molecule has 3 saturated carbocycles. The van der Waals surface area contributed by atoms with Gasteiger partial charge in [0.05, 0.1) is 6.10 Å². The Balaban J connectivity index is 0.00000193. The molecule has 4 aliphatic rings. The zero-order valence-electron chi connectivity index (χ0n) is 21.0. The molecule has 3 fully saturated rings. The van der Waals surface area contributed by atoms with Crippen LogP contribution in [0.15, 0.2) is 11.6 Å². The molecule has 0 radical (unpaired) electrons. The van der Waals surface area contributed by atoms with E-state index in [-0.39, 0.29) is 76.4 Å². The Morgan fingerprint density at radius 2 is 1.85 bits per heavy atom. The van der Waals surface area contributed by atoms with Crippen LogP contribution in [0, 0.1) is 40.4 Å². The van der Waals surface area contributed by atoms with Gasteiger partial charge in [-0.2, -0.15) is 0 Å². The molecule has 0 aromatic carbocycles. The second-order valence-electron chi connectivity index (χ2n) is 11.2. The van der Waals surface area contributed by atoms with Gasteiger partial charge in [-0.05, 0) is 105 Å². The van der Waals surface area contributed by atoms with E-state index in [1.807, 2.05) is 0 Å². The number of hydrogen-bond acceptors (Lipinski definition) is 6. The van der Waals surface area contributed by atoms with E-state index in [1.54, 1.807) is 0 Å². The van der Waals surface area contributed by atoms with Crippen molar-refractivity contribution in [2.45, 2.75) is 91.1 Å². The number of allylic oxidation sites excluding steroid dienone is 1. The Labute approximate surface area is 243 Å². The van der Waals surface area contributed by atoms with Gasteiger partial charge in [0, 0.05) is 5.97 Å². The summed E-state index contributed by atoms with van der Waals surface area (Å²) in [7, 11) is -4.67. The molecule has 0 saturated heterocycles. The van der Waals surface area contributed by atoms with Crippen LogP contribution in [0.3, 0.4) is 0 Å². The van der Waals surface area contributed by atoms with Gasteiger partial charge in [0.15, 0.2) is 0 Å². The molecule has 8 atom stereocenters. The Bertz CT molecular complexity index is 861. The zero-order chi connectivity index (χ0) is 22.6. The van der Waals surface area contributed by atoms with Crippen LogP contribution in [0.25, 0.3) is 0 Å². The van der Waals surface area contributed by atoms with E-state index >= 15 is 0 Å². The first-order valence-electron chi connectivity index (χ1n) is 12.0. The molecular formula is C24H36Na2O6S. The van der Waals surface area contributed by atoms with Crippen LogP contribution < -0.4 is 64.2 Å². The van der Waals surface area contributed by atoms with Crippen LogP contribution in [-0.4, -0.2) is 25.0 Å². The largest absolute Gasteiger partial charge is 1.00 e. The van der Waals surface area contributed by atoms with E-state index in [9.17, 15) is 22.9 Å². The summed E-state index contributed by atoms with van der Waals surface area (Å²) in [5, 5.41) is 11.0. The Kier molecular flexibility index (Phi) is 10.3. The number of aliphatic carboxylic acids is 1. The van der Waals surface area contributed by atoms with Crippen molar-refractivity contribution in [1.29, 1.82) is 0 Å². The number of carboxylic acids is 1. The second-order valence-corrected chi connectivity index (χ2v) is 12.3. The maximum atomic E-state index is 11.1. The topological polar surface area (TPSA) is 107 Å². The first-order chi connectivity index (χ1) is 14.4. The Morgan fingerprint density at radius 1 is 1.15 bits per heavy atom. The Hall–Kier alpha value is 1.08. The van der Waals surface area contributed by atoms with Crippen molar-refractivity contribution >= 4 is 16.4 Å². The van der Waals surface area contributed by atoms with Gasteiger partial charge in [-0.1, -0.05) is 32.4 Å². The van der Waals surface area contributed by atoms with Gasteiger partial charge in [0.1, 0.15) is 0 Å². The summed E-state index contributed by atoms with van der Waals surface area (Å²) in [6.45, 7) is 7.01. The van der Waals surface area contributed by atoms with Crippen molar-refractivity contribution in [2.75, 3.05) is 0 Å². The molecule has 0 aromatic rings. The zero-order valence-corrected chi connectivity index (χ0v) is 25.8. The van der Waals surface area contributed by atoms with Crippen LogP contribution in [0.1, 0.15) is 85.0 Å². The molecule has 6 nitrogen and oxygen atoms in total. The molecule has 9 heteroatoms. The summed E-state index contributed by atoms with van der Waals surface area (Å²) in [4.78, 5) is 11.0. The van der Waals surface area contributed by atoms with E-state index in [4.69, 9.17) is 4.18 Å². The molecule has 0 N–H and O–H groups in total. The number of carboxylic acid groups (broad SMARTS) is 1. The third kappa shape index (κ3) is 5.98. The molecule has 33 heavy (non-hydrogen) atoms. The Morgan fingerprint density at radius 3 is 2.48 bits per heavy atom. The molecule has 0 aliphatic heterocycles. The van der Waals surface area contributed by atoms with Crippen molar-refractivity contribution in [3.05, 3.63) is 11.6 Å². The van der Waals surface area contributed by atoms with Crippen LogP contribution in [-0.2, 0) is 19.4 Å². The maximum absolute atomic E-state index is 11.1. The third-order valence-corrected chi connectivity index (χ3v) is 10.4. The molecule has 0 heterocycles. The van der Waals surface area contributed by atoms with Crippen molar-refractivity contribution in [1.82, 2.24) is 0 Å². The quantitative estimate of drug-likeness (QED) is 0.175. The van der Waals surface area contributed by atoms with Crippen LogP contribution in [0.5, 0.6) is 0 Å². The molecule has 4 rings (SSSR count). The summed E-state index contributed by atoms with van der Waals surface area (Å²) in [5.41, 5.74) is 1.62. The summed E-state index contributed by atoms with van der Waals surface area (Å²) in [5.74, 6) is 1.91. The number of hydrogen-bond donors (Lipinski definition) is 0. The summed E-state index contributed by atoms with van der Waals surface area (Å²) in [6.07, 6.45) is 10.5. The molecule has 176 valence electrons. The smallest absolute Gasteiger partial charge is 0.726 e. The predicted octanol–water partition coefficient (Wildman–Crippen LogP) is -2.41. The van der Waals surface area contributed by atoms with Gasteiger partial charge in [0.25, 0.3) is 0 Å². The molecular weight excluding hydrogens is 462 g/mol.